The van der Waals surface area contributed by atoms with E-state index in [1.807, 2.05) is 91.0 Å². The molecule has 0 radical (unpaired) electrons. The molecule has 0 N–H and O–H groups in total. The van der Waals surface area contributed by atoms with Gasteiger partial charge in [0.25, 0.3) is 0 Å². The highest BCUT2D eigenvalue weighted by Gasteiger charge is 2.22. The summed E-state index contributed by atoms with van der Waals surface area (Å²) >= 11 is 0. The van der Waals surface area contributed by atoms with Crippen LogP contribution in [0, 0.1) is 0 Å². The topological polar surface area (TPSA) is 65.0 Å². The zero-order valence-corrected chi connectivity index (χ0v) is 26.7. The average molecular weight is 642 g/mol. The number of para-hydroxylation sites is 3. The van der Waals surface area contributed by atoms with Gasteiger partial charge in [-0.3, -0.25) is 0 Å². The first-order valence-corrected chi connectivity index (χ1v) is 16.6. The van der Waals surface area contributed by atoms with E-state index in [0.717, 1.165) is 82.8 Å². The number of rotatable bonds is 5. The molecule has 3 aromatic heterocycles. The Morgan fingerprint density at radius 1 is 0.320 bits per heavy atom. The highest BCUT2D eigenvalue weighted by molar-refractivity contribution is 6.19. The van der Waals surface area contributed by atoms with Gasteiger partial charge in [-0.1, -0.05) is 140 Å². The Labute approximate surface area is 287 Å². The summed E-state index contributed by atoms with van der Waals surface area (Å²) < 4.78 is 13.4. The van der Waals surface area contributed by atoms with Gasteiger partial charge < -0.3 is 8.83 Å². The number of furan rings is 2. The number of aromatic nitrogens is 3. The normalized spacial score (nSPS) is 11.6. The Morgan fingerprint density at radius 3 is 1.50 bits per heavy atom. The van der Waals surface area contributed by atoms with Crippen molar-refractivity contribution in [3.05, 3.63) is 164 Å². The minimum Gasteiger partial charge on any atom is -0.456 e. The van der Waals surface area contributed by atoms with Crippen molar-refractivity contribution in [2.45, 2.75) is 0 Å². The van der Waals surface area contributed by atoms with Crippen LogP contribution in [-0.4, -0.2) is 15.0 Å². The molecule has 7 aromatic carbocycles. The van der Waals surface area contributed by atoms with E-state index in [0.29, 0.717) is 17.5 Å². The van der Waals surface area contributed by atoms with Crippen LogP contribution in [0.3, 0.4) is 0 Å². The first-order valence-electron chi connectivity index (χ1n) is 16.6. The quantitative estimate of drug-likeness (QED) is 0.187. The minimum atomic E-state index is 0.554. The van der Waals surface area contributed by atoms with Crippen LogP contribution in [0.1, 0.15) is 0 Å². The van der Waals surface area contributed by atoms with Crippen LogP contribution in [0.5, 0.6) is 0 Å². The van der Waals surface area contributed by atoms with E-state index in [9.17, 15) is 0 Å². The minimum absolute atomic E-state index is 0.554. The highest BCUT2D eigenvalue weighted by Crippen LogP contribution is 2.45. The van der Waals surface area contributed by atoms with Crippen molar-refractivity contribution in [2.75, 3.05) is 0 Å². The fourth-order valence-electron chi connectivity index (χ4n) is 7.00. The van der Waals surface area contributed by atoms with E-state index in [4.69, 9.17) is 23.8 Å². The third-order valence-corrected chi connectivity index (χ3v) is 9.34. The van der Waals surface area contributed by atoms with Crippen molar-refractivity contribution in [3.8, 4) is 56.4 Å². The zero-order chi connectivity index (χ0) is 33.0. The molecule has 0 spiro atoms. The molecule has 50 heavy (non-hydrogen) atoms. The third-order valence-electron chi connectivity index (χ3n) is 9.34. The van der Waals surface area contributed by atoms with Crippen LogP contribution in [0.25, 0.3) is 100 Å². The first-order chi connectivity index (χ1) is 24.8. The first kappa shape index (κ1) is 28.2. The summed E-state index contributed by atoms with van der Waals surface area (Å²) in [4.78, 5) is 14.9. The third kappa shape index (κ3) is 4.60. The van der Waals surface area contributed by atoms with Crippen LogP contribution < -0.4 is 0 Å². The van der Waals surface area contributed by atoms with Gasteiger partial charge in [-0.05, 0) is 41.0 Å². The van der Waals surface area contributed by atoms with Gasteiger partial charge in [-0.25, -0.2) is 15.0 Å². The summed E-state index contributed by atoms with van der Waals surface area (Å²) in [5.74, 6) is 1.77. The van der Waals surface area contributed by atoms with Crippen LogP contribution in [0.2, 0.25) is 0 Å². The Bertz CT molecular complexity index is 2800. The largest absolute Gasteiger partial charge is 0.456 e. The predicted molar refractivity (Wildman–Crippen MR) is 202 cm³/mol. The second-order valence-corrected chi connectivity index (χ2v) is 12.4. The van der Waals surface area contributed by atoms with Gasteiger partial charge in [0.2, 0.25) is 0 Å². The summed E-state index contributed by atoms with van der Waals surface area (Å²) in [5.41, 5.74) is 10.1. The van der Waals surface area contributed by atoms with Crippen molar-refractivity contribution >= 4 is 43.9 Å². The molecule has 0 saturated carbocycles. The maximum absolute atomic E-state index is 6.97. The molecule has 0 amide bonds. The van der Waals surface area contributed by atoms with E-state index in [2.05, 4.69) is 72.8 Å². The van der Waals surface area contributed by atoms with Crippen molar-refractivity contribution in [1.82, 2.24) is 15.0 Å². The smallest absolute Gasteiger partial charge is 0.167 e. The van der Waals surface area contributed by atoms with E-state index < -0.39 is 0 Å². The van der Waals surface area contributed by atoms with Crippen LogP contribution in [0.15, 0.2) is 173 Å². The number of hydrogen-bond acceptors (Lipinski definition) is 5. The Kier molecular flexibility index (Phi) is 6.42. The molecule has 5 heteroatoms. The molecule has 0 aliphatic heterocycles. The lowest BCUT2D eigenvalue weighted by Crippen LogP contribution is -2.00. The van der Waals surface area contributed by atoms with Gasteiger partial charge in [0.15, 0.2) is 17.5 Å². The van der Waals surface area contributed by atoms with Crippen LogP contribution in [-0.2, 0) is 0 Å². The SMILES string of the molecule is c1ccc(-c2cc(-c3cccc4c3oc3c(-c5nc(-c6ccccc6)nc(-c6ccccc6)n5)cccc34)c3c(c2)oc2ccccc23)cc1. The molecule has 10 rings (SSSR count). The van der Waals surface area contributed by atoms with Gasteiger partial charge >= 0.3 is 0 Å². The molecule has 0 aliphatic rings. The Morgan fingerprint density at radius 2 is 0.840 bits per heavy atom. The van der Waals surface area contributed by atoms with Gasteiger partial charge in [-0.2, -0.15) is 0 Å². The van der Waals surface area contributed by atoms with Gasteiger partial charge in [0, 0.05) is 38.2 Å². The maximum Gasteiger partial charge on any atom is 0.167 e. The second kappa shape index (κ2) is 11.4. The standard InChI is InChI=1S/C45H27N3O2/c1-4-14-28(15-5-1)31-26-37(40-35-20-10-11-25-38(35)49-39(40)27-31)34-23-12-21-32-33-22-13-24-36(42(33)50-41(32)34)45-47-43(29-16-6-2-7-17-29)46-44(48-45)30-18-8-3-9-19-30/h1-27H. The van der Waals surface area contributed by atoms with Gasteiger partial charge in [-0.15, -0.1) is 0 Å². The summed E-state index contributed by atoms with van der Waals surface area (Å²) in [7, 11) is 0. The van der Waals surface area contributed by atoms with E-state index in [1.54, 1.807) is 0 Å². The van der Waals surface area contributed by atoms with Gasteiger partial charge in [0.05, 0.1) is 5.56 Å². The molecule has 0 aliphatic carbocycles. The monoisotopic (exact) mass is 641 g/mol. The lowest BCUT2D eigenvalue weighted by atomic mass is 9.93. The summed E-state index contributed by atoms with van der Waals surface area (Å²) in [6.45, 7) is 0. The summed E-state index contributed by atoms with van der Waals surface area (Å²) in [6, 6.07) is 55.6. The van der Waals surface area contributed by atoms with Crippen LogP contribution in [0.4, 0.5) is 0 Å². The number of fused-ring (bicyclic) bond motifs is 6. The van der Waals surface area contributed by atoms with E-state index in [-0.39, 0.29) is 0 Å². The van der Waals surface area contributed by atoms with Gasteiger partial charge in [0.1, 0.15) is 22.3 Å². The fraction of sp³-hybridized carbons (Fsp3) is 0. The summed E-state index contributed by atoms with van der Waals surface area (Å²) in [5, 5.41) is 4.14. The lowest BCUT2D eigenvalue weighted by Gasteiger charge is -2.09. The average Bonchev–Trinajstić information content (AvgIpc) is 3.77. The predicted octanol–water partition coefficient (Wildman–Crippen LogP) is 12.0. The molecule has 0 atom stereocenters. The molecular formula is C45H27N3O2. The molecule has 0 bridgehead atoms. The molecule has 10 aromatic rings. The molecule has 0 saturated heterocycles. The van der Waals surface area contributed by atoms with E-state index in [1.165, 1.54) is 0 Å². The number of benzene rings is 7. The number of hydrogen-bond donors (Lipinski definition) is 0. The summed E-state index contributed by atoms with van der Waals surface area (Å²) in [6.07, 6.45) is 0. The molecule has 0 unspecified atom stereocenters. The van der Waals surface area contributed by atoms with Crippen molar-refractivity contribution in [1.29, 1.82) is 0 Å². The van der Waals surface area contributed by atoms with Crippen LogP contribution >= 0.6 is 0 Å². The Hall–Kier alpha value is -6.85. The Balaban J connectivity index is 1.23. The zero-order valence-electron chi connectivity index (χ0n) is 26.7. The lowest BCUT2D eigenvalue weighted by molar-refractivity contribution is 0.669. The molecule has 0 fully saturated rings. The molecule has 5 nitrogen and oxygen atoms in total. The molecule has 3 heterocycles. The van der Waals surface area contributed by atoms with Crippen molar-refractivity contribution in [3.63, 3.8) is 0 Å². The van der Waals surface area contributed by atoms with Crippen molar-refractivity contribution < 1.29 is 8.83 Å². The van der Waals surface area contributed by atoms with E-state index >= 15 is 0 Å². The maximum atomic E-state index is 6.97. The fourth-order valence-corrected chi connectivity index (χ4v) is 7.00. The molecular weight excluding hydrogens is 615 g/mol. The second-order valence-electron chi connectivity index (χ2n) is 12.4. The highest BCUT2D eigenvalue weighted by atomic mass is 16.3. The number of nitrogens with zero attached hydrogens (tertiary/aromatic N) is 3. The van der Waals surface area contributed by atoms with Crippen molar-refractivity contribution in [2.24, 2.45) is 0 Å². The molecule has 234 valence electrons.